The second kappa shape index (κ2) is 9.42. The van der Waals surface area contributed by atoms with E-state index in [-0.39, 0.29) is 17.2 Å². The first-order valence-electron chi connectivity index (χ1n) is 11.9. The molecule has 2 aromatic carbocycles. The van der Waals surface area contributed by atoms with Crippen molar-refractivity contribution >= 4 is 17.4 Å². The molecule has 2 aromatic rings. The Morgan fingerprint density at radius 1 is 1.03 bits per heavy atom. The third-order valence-electron chi connectivity index (χ3n) is 6.85. The molecular weight excluding hydrogens is 412 g/mol. The summed E-state index contributed by atoms with van der Waals surface area (Å²) in [6, 6.07) is 13.3. The van der Waals surface area contributed by atoms with Crippen LogP contribution in [0.2, 0.25) is 0 Å². The van der Waals surface area contributed by atoms with E-state index < -0.39 is 0 Å². The summed E-state index contributed by atoms with van der Waals surface area (Å²) in [6.45, 7) is 4.25. The van der Waals surface area contributed by atoms with E-state index >= 15 is 0 Å². The van der Waals surface area contributed by atoms with Crippen molar-refractivity contribution in [2.45, 2.75) is 64.0 Å². The van der Waals surface area contributed by atoms with Crippen LogP contribution in [0.15, 0.2) is 48.5 Å². The Kier molecular flexibility index (Phi) is 6.59. The summed E-state index contributed by atoms with van der Waals surface area (Å²) < 4.78 is 5.39. The van der Waals surface area contributed by atoms with Gasteiger partial charge in [-0.25, -0.2) is 0 Å². The molecule has 1 saturated carbocycles. The van der Waals surface area contributed by atoms with Crippen LogP contribution in [0.3, 0.4) is 0 Å². The van der Waals surface area contributed by atoms with Crippen LogP contribution in [-0.2, 0) is 6.42 Å². The summed E-state index contributed by atoms with van der Waals surface area (Å²) >= 11 is 0. The molecule has 4 rings (SSSR count). The fraction of sp³-hybridized carbons (Fsp3) is 0.429. The molecule has 0 saturated heterocycles. The Hall–Kier alpha value is -3.08. The molecule has 5 heteroatoms. The molecule has 0 unspecified atom stereocenters. The third-order valence-corrected chi connectivity index (χ3v) is 6.85. The summed E-state index contributed by atoms with van der Waals surface area (Å²) in [5.74, 6) is 0.693. The molecule has 33 heavy (non-hydrogen) atoms. The third kappa shape index (κ3) is 5.13. The van der Waals surface area contributed by atoms with Crippen molar-refractivity contribution in [3.05, 3.63) is 70.8 Å². The highest BCUT2D eigenvalue weighted by Gasteiger charge is 2.28. The van der Waals surface area contributed by atoms with Gasteiger partial charge in [0.25, 0.3) is 5.91 Å². The van der Waals surface area contributed by atoms with Crippen molar-refractivity contribution in [1.29, 1.82) is 0 Å². The monoisotopic (exact) mass is 446 g/mol. The zero-order chi connectivity index (χ0) is 23.6. The number of nitrogens with one attached hydrogen (secondary N) is 1. The molecule has 174 valence electrons. The Morgan fingerprint density at radius 3 is 2.36 bits per heavy atom. The molecule has 1 heterocycles. The Balaban J connectivity index is 1.54. The normalized spacial score (nSPS) is 18.8. The molecule has 0 aromatic heterocycles. The first-order chi connectivity index (χ1) is 15.8. The largest absolute Gasteiger partial charge is 0.497 e. The number of carbonyl (C=O) groups is 2. The lowest BCUT2D eigenvalue weighted by Crippen LogP contribution is -2.43. The molecule has 0 radical (unpaired) electrons. The molecular formula is C28H34N2O3. The van der Waals surface area contributed by atoms with Crippen LogP contribution in [0.5, 0.6) is 5.75 Å². The lowest BCUT2D eigenvalue weighted by Gasteiger charge is -2.35. The van der Waals surface area contributed by atoms with Crippen molar-refractivity contribution < 1.29 is 14.3 Å². The molecule has 0 atom stereocenters. The van der Waals surface area contributed by atoms with E-state index in [1.54, 1.807) is 37.5 Å². The number of allylic oxidation sites excluding steroid dienone is 1. The SMILES string of the molecule is COc1ccc2c(c1)/C(=C/C(=O)c1ccc(C(=O)N(C)C3CCCCC3)cc1)NC(C)(C)C2. The first kappa shape index (κ1) is 23.1. The number of ether oxygens (including phenoxy) is 1. The number of ketones is 1. The van der Waals surface area contributed by atoms with Crippen LogP contribution in [0, 0.1) is 0 Å². The maximum Gasteiger partial charge on any atom is 0.253 e. The average molecular weight is 447 g/mol. The van der Waals surface area contributed by atoms with Gasteiger partial charge in [0.15, 0.2) is 5.78 Å². The number of hydrogen-bond acceptors (Lipinski definition) is 4. The summed E-state index contributed by atoms with van der Waals surface area (Å²) in [7, 11) is 3.54. The zero-order valence-electron chi connectivity index (χ0n) is 20.1. The van der Waals surface area contributed by atoms with Crippen molar-refractivity contribution in [3.8, 4) is 5.75 Å². The first-order valence-corrected chi connectivity index (χ1v) is 11.9. The van der Waals surface area contributed by atoms with Gasteiger partial charge in [-0.3, -0.25) is 9.59 Å². The van der Waals surface area contributed by atoms with E-state index in [0.717, 1.165) is 36.3 Å². The van der Waals surface area contributed by atoms with Gasteiger partial charge in [-0.05, 0) is 62.9 Å². The molecule has 2 aliphatic rings. The minimum Gasteiger partial charge on any atom is -0.497 e. The van der Waals surface area contributed by atoms with Crippen LogP contribution in [-0.4, -0.2) is 42.3 Å². The van der Waals surface area contributed by atoms with Crippen LogP contribution in [0.1, 0.15) is 77.8 Å². The highest BCUT2D eigenvalue weighted by atomic mass is 16.5. The van der Waals surface area contributed by atoms with Gasteiger partial charge in [0.1, 0.15) is 5.75 Å². The number of benzene rings is 2. The van der Waals surface area contributed by atoms with Crippen LogP contribution < -0.4 is 10.1 Å². The van der Waals surface area contributed by atoms with Gasteiger partial charge < -0.3 is 15.0 Å². The van der Waals surface area contributed by atoms with E-state index in [1.165, 1.54) is 24.8 Å². The number of fused-ring (bicyclic) bond motifs is 1. The van der Waals surface area contributed by atoms with Gasteiger partial charge in [0, 0.05) is 47.1 Å². The van der Waals surface area contributed by atoms with Crippen LogP contribution >= 0.6 is 0 Å². The van der Waals surface area contributed by atoms with E-state index in [0.29, 0.717) is 17.2 Å². The molecule has 0 spiro atoms. The molecule has 1 aliphatic carbocycles. The van der Waals surface area contributed by atoms with E-state index in [9.17, 15) is 9.59 Å². The Labute approximate surface area is 196 Å². The Morgan fingerprint density at radius 2 is 1.70 bits per heavy atom. The standard InChI is InChI=1S/C28H34N2O3/c1-28(2)18-21-14-15-23(33-4)16-24(21)25(29-28)17-26(31)19-10-12-20(13-11-19)27(32)30(3)22-8-6-5-7-9-22/h10-17,22,29H,5-9,18H2,1-4H3/b25-17-. The molecule has 1 fully saturated rings. The quantitative estimate of drug-likeness (QED) is 0.504. The van der Waals surface area contributed by atoms with Gasteiger partial charge >= 0.3 is 0 Å². The topological polar surface area (TPSA) is 58.6 Å². The number of hydrogen-bond donors (Lipinski definition) is 1. The van der Waals surface area contributed by atoms with Gasteiger partial charge in [-0.15, -0.1) is 0 Å². The van der Waals surface area contributed by atoms with E-state index in [4.69, 9.17) is 4.74 Å². The summed E-state index contributed by atoms with van der Waals surface area (Å²) in [5.41, 5.74) is 4.00. The maximum absolute atomic E-state index is 13.1. The molecule has 0 bridgehead atoms. The van der Waals surface area contributed by atoms with Gasteiger partial charge in [-0.1, -0.05) is 37.5 Å². The second-order valence-electron chi connectivity index (χ2n) is 9.92. The van der Waals surface area contributed by atoms with E-state index in [1.807, 2.05) is 24.1 Å². The van der Waals surface area contributed by atoms with Gasteiger partial charge in [0.2, 0.25) is 0 Å². The fourth-order valence-electron chi connectivity index (χ4n) is 4.98. The highest BCUT2D eigenvalue weighted by Crippen LogP contribution is 2.32. The predicted octanol–water partition coefficient (Wildman–Crippen LogP) is 5.25. The highest BCUT2D eigenvalue weighted by molar-refractivity contribution is 6.09. The summed E-state index contributed by atoms with van der Waals surface area (Å²) in [6.07, 6.45) is 8.29. The number of methoxy groups -OCH3 is 1. The molecule has 1 amide bonds. The summed E-state index contributed by atoms with van der Waals surface area (Å²) in [5, 5.41) is 3.51. The Bertz CT molecular complexity index is 1060. The minimum atomic E-state index is -0.159. The number of nitrogens with zero attached hydrogens (tertiary/aromatic N) is 1. The van der Waals surface area contributed by atoms with Crippen molar-refractivity contribution in [2.75, 3.05) is 14.2 Å². The van der Waals surface area contributed by atoms with Crippen molar-refractivity contribution in [3.63, 3.8) is 0 Å². The number of rotatable bonds is 5. The second-order valence-corrected chi connectivity index (χ2v) is 9.92. The lowest BCUT2D eigenvalue weighted by atomic mass is 9.85. The molecule has 5 nitrogen and oxygen atoms in total. The lowest BCUT2D eigenvalue weighted by molar-refractivity contribution is 0.0696. The average Bonchev–Trinajstić information content (AvgIpc) is 2.83. The fourth-order valence-corrected chi connectivity index (χ4v) is 4.98. The van der Waals surface area contributed by atoms with Crippen molar-refractivity contribution in [2.24, 2.45) is 0 Å². The zero-order valence-corrected chi connectivity index (χ0v) is 20.1. The minimum absolute atomic E-state index is 0.0240. The van der Waals surface area contributed by atoms with Crippen molar-refractivity contribution in [1.82, 2.24) is 10.2 Å². The number of carbonyl (C=O) groups excluding carboxylic acids is 2. The van der Waals surface area contributed by atoms with E-state index in [2.05, 4.69) is 25.2 Å². The van der Waals surface area contributed by atoms with Gasteiger partial charge in [-0.2, -0.15) is 0 Å². The maximum atomic E-state index is 13.1. The summed E-state index contributed by atoms with van der Waals surface area (Å²) in [4.78, 5) is 27.9. The predicted molar refractivity (Wildman–Crippen MR) is 132 cm³/mol. The van der Waals surface area contributed by atoms with Crippen LogP contribution in [0.4, 0.5) is 0 Å². The molecule has 1 aliphatic heterocycles. The molecule has 1 N–H and O–H groups in total. The van der Waals surface area contributed by atoms with Crippen LogP contribution in [0.25, 0.3) is 5.70 Å². The number of amides is 1. The smallest absolute Gasteiger partial charge is 0.253 e. The van der Waals surface area contributed by atoms with Gasteiger partial charge in [0.05, 0.1) is 7.11 Å².